The molecule has 2 unspecified atom stereocenters. The van der Waals surface area contributed by atoms with Crippen LogP contribution >= 0.6 is 0 Å². The molecule has 0 aliphatic carbocycles. The zero-order chi connectivity index (χ0) is 10.5. The lowest BCUT2D eigenvalue weighted by molar-refractivity contribution is 0.0327. The van der Waals surface area contributed by atoms with Crippen LogP contribution in [0, 0.1) is 17.3 Å². The first-order valence-corrected chi connectivity index (χ1v) is 5.68. The van der Waals surface area contributed by atoms with Crippen molar-refractivity contribution >= 4 is 0 Å². The van der Waals surface area contributed by atoms with E-state index >= 15 is 0 Å². The Bertz CT molecular complexity index is 119. The minimum atomic E-state index is 0.162. The minimum absolute atomic E-state index is 0.162. The Balaban J connectivity index is 4.52. The van der Waals surface area contributed by atoms with Crippen LogP contribution in [0.15, 0.2) is 0 Å². The zero-order valence-electron chi connectivity index (χ0n) is 9.93. The summed E-state index contributed by atoms with van der Waals surface area (Å²) in [5, 5.41) is 9.49. The normalized spacial score (nSPS) is 17.1. The Labute approximate surface area is 83.5 Å². The van der Waals surface area contributed by atoms with E-state index in [0.717, 1.165) is 12.8 Å². The Morgan fingerprint density at radius 2 is 1.54 bits per heavy atom. The van der Waals surface area contributed by atoms with Gasteiger partial charge in [0, 0.05) is 6.61 Å². The number of hydrogen-bond donors (Lipinski definition) is 1. The monoisotopic (exact) mass is 186 g/mol. The summed E-state index contributed by atoms with van der Waals surface area (Å²) in [5.41, 5.74) is 0.162. The van der Waals surface area contributed by atoms with Crippen LogP contribution in [0.5, 0.6) is 0 Å². The van der Waals surface area contributed by atoms with Crippen molar-refractivity contribution in [1.29, 1.82) is 0 Å². The van der Waals surface area contributed by atoms with Crippen LogP contribution in [0.3, 0.4) is 0 Å². The summed E-state index contributed by atoms with van der Waals surface area (Å²) in [6.07, 6.45) is 3.39. The van der Waals surface area contributed by atoms with Gasteiger partial charge in [0.25, 0.3) is 0 Å². The van der Waals surface area contributed by atoms with Crippen molar-refractivity contribution in [2.24, 2.45) is 17.3 Å². The third-order valence-electron chi connectivity index (χ3n) is 4.19. The molecule has 0 aliphatic heterocycles. The van der Waals surface area contributed by atoms with Gasteiger partial charge in [-0.05, 0) is 30.1 Å². The third-order valence-corrected chi connectivity index (χ3v) is 4.19. The Morgan fingerprint density at radius 1 is 1.08 bits per heavy atom. The van der Waals surface area contributed by atoms with Crippen LogP contribution in [-0.4, -0.2) is 11.7 Å². The van der Waals surface area contributed by atoms with Crippen molar-refractivity contribution in [1.82, 2.24) is 0 Å². The number of aliphatic hydroxyl groups is 1. The fourth-order valence-corrected chi connectivity index (χ4v) is 2.22. The maximum absolute atomic E-state index is 9.49. The van der Waals surface area contributed by atoms with Crippen LogP contribution in [0.1, 0.15) is 53.9 Å². The molecular formula is C12H26O. The highest BCUT2D eigenvalue weighted by Gasteiger charge is 2.34. The molecule has 0 fully saturated rings. The maximum Gasteiger partial charge on any atom is 0.0489 e. The summed E-state index contributed by atoms with van der Waals surface area (Å²) in [6, 6.07) is 0. The summed E-state index contributed by atoms with van der Waals surface area (Å²) < 4.78 is 0. The van der Waals surface area contributed by atoms with Crippen LogP contribution in [-0.2, 0) is 0 Å². The Morgan fingerprint density at radius 3 is 1.77 bits per heavy atom. The van der Waals surface area contributed by atoms with Crippen molar-refractivity contribution in [2.45, 2.75) is 53.9 Å². The summed E-state index contributed by atoms with van der Waals surface area (Å²) in [7, 11) is 0. The molecule has 0 bridgehead atoms. The Hall–Kier alpha value is -0.0400. The molecule has 0 aromatic carbocycles. The van der Waals surface area contributed by atoms with Gasteiger partial charge in [-0.1, -0.05) is 41.0 Å². The molecule has 0 aliphatic rings. The van der Waals surface area contributed by atoms with Crippen molar-refractivity contribution in [3.63, 3.8) is 0 Å². The van der Waals surface area contributed by atoms with Crippen molar-refractivity contribution < 1.29 is 5.11 Å². The summed E-state index contributed by atoms with van der Waals surface area (Å²) in [4.78, 5) is 0. The van der Waals surface area contributed by atoms with Gasteiger partial charge >= 0.3 is 0 Å². The van der Waals surface area contributed by atoms with Gasteiger partial charge in [-0.2, -0.15) is 0 Å². The molecule has 0 amide bonds. The van der Waals surface area contributed by atoms with E-state index in [4.69, 9.17) is 0 Å². The van der Waals surface area contributed by atoms with Crippen LogP contribution in [0.2, 0.25) is 0 Å². The molecule has 0 saturated carbocycles. The maximum atomic E-state index is 9.49. The lowest BCUT2D eigenvalue weighted by Crippen LogP contribution is -2.35. The molecule has 1 N–H and O–H groups in total. The smallest absolute Gasteiger partial charge is 0.0489 e. The van der Waals surface area contributed by atoms with E-state index in [-0.39, 0.29) is 5.41 Å². The molecule has 0 radical (unpaired) electrons. The molecule has 1 heteroatoms. The molecule has 80 valence electrons. The highest BCUT2D eigenvalue weighted by molar-refractivity contribution is 4.83. The molecule has 2 atom stereocenters. The van der Waals surface area contributed by atoms with Gasteiger partial charge in [0.05, 0.1) is 0 Å². The van der Waals surface area contributed by atoms with Crippen LogP contribution < -0.4 is 0 Å². The minimum Gasteiger partial charge on any atom is -0.396 e. The molecule has 13 heavy (non-hydrogen) atoms. The van der Waals surface area contributed by atoms with Gasteiger partial charge < -0.3 is 5.11 Å². The summed E-state index contributed by atoms with van der Waals surface area (Å²) in [6.45, 7) is 11.5. The molecule has 1 nitrogen and oxygen atoms in total. The van der Waals surface area contributed by atoms with Crippen molar-refractivity contribution in [3.05, 3.63) is 0 Å². The summed E-state index contributed by atoms with van der Waals surface area (Å²) >= 11 is 0. The fraction of sp³-hybridized carbons (Fsp3) is 1.00. The van der Waals surface area contributed by atoms with Crippen molar-refractivity contribution in [2.75, 3.05) is 6.61 Å². The van der Waals surface area contributed by atoms with E-state index < -0.39 is 0 Å². The molecule has 0 aromatic rings. The van der Waals surface area contributed by atoms with Crippen molar-refractivity contribution in [3.8, 4) is 0 Å². The van der Waals surface area contributed by atoms with E-state index in [0.29, 0.717) is 18.4 Å². The van der Waals surface area contributed by atoms with E-state index in [9.17, 15) is 5.11 Å². The van der Waals surface area contributed by atoms with Gasteiger partial charge in [0.2, 0.25) is 0 Å². The second-order valence-corrected chi connectivity index (χ2v) is 4.40. The van der Waals surface area contributed by atoms with E-state index in [1.807, 2.05) is 0 Å². The number of rotatable bonds is 6. The molecule has 0 saturated heterocycles. The van der Waals surface area contributed by atoms with Gasteiger partial charge in [0.15, 0.2) is 0 Å². The SMILES string of the molecule is CCC(C)C(C)C(CC)(CC)CO. The second-order valence-electron chi connectivity index (χ2n) is 4.40. The average Bonchev–Trinajstić information content (AvgIpc) is 2.20. The van der Waals surface area contributed by atoms with Gasteiger partial charge in [-0.25, -0.2) is 0 Å². The molecule has 0 rings (SSSR count). The lowest BCUT2D eigenvalue weighted by atomic mass is 9.67. The van der Waals surface area contributed by atoms with Crippen LogP contribution in [0.4, 0.5) is 0 Å². The quantitative estimate of drug-likeness (QED) is 0.673. The van der Waals surface area contributed by atoms with E-state index in [2.05, 4.69) is 34.6 Å². The van der Waals surface area contributed by atoms with Gasteiger partial charge in [-0.3, -0.25) is 0 Å². The highest BCUT2D eigenvalue weighted by Crippen LogP contribution is 2.39. The molecule has 0 aromatic heterocycles. The third kappa shape index (κ3) is 2.70. The first-order valence-electron chi connectivity index (χ1n) is 5.68. The van der Waals surface area contributed by atoms with E-state index in [1.165, 1.54) is 6.42 Å². The summed E-state index contributed by atoms with van der Waals surface area (Å²) in [5.74, 6) is 1.34. The molecule has 0 spiro atoms. The average molecular weight is 186 g/mol. The molecule has 0 heterocycles. The van der Waals surface area contributed by atoms with Gasteiger partial charge in [0.1, 0.15) is 0 Å². The predicted octanol–water partition coefficient (Wildman–Crippen LogP) is 3.47. The standard InChI is InChI=1S/C12H26O/c1-6-10(4)11(5)12(7-2,8-3)9-13/h10-11,13H,6-9H2,1-5H3. The second kappa shape index (κ2) is 5.64. The fourth-order valence-electron chi connectivity index (χ4n) is 2.22. The largest absolute Gasteiger partial charge is 0.396 e. The van der Waals surface area contributed by atoms with Gasteiger partial charge in [-0.15, -0.1) is 0 Å². The molecular weight excluding hydrogens is 160 g/mol. The predicted molar refractivity (Wildman–Crippen MR) is 58.7 cm³/mol. The lowest BCUT2D eigenvalue weighted by Gasteiger charge is -2.39. The van der Waals surface area contributed by atoms with E-state index in [1.54, 1.807) is 0 Å². The Kier molecular flexibility index (Phi) is 5.62. The number of hydrogen-bond acceptors (Lipinski definition) is 1. The first kappa shape index (κ1) is 13.0. The zero-order valence-corrected chi connectivity index (χ0v) is 9.93. The highest BCUT2D eigenvalue weighted by atomic mass is 16.3. The first-order chi connectivity index (χ1) is 6.07. The van der Waals surface area contributed by atoms with Crippen LogP contribution in [0.25, 0.3) is 0 Å². The topological polar surface area (TPSA) is 20.2 Å². The number of aliphatic hydroxyl groups excluding tert-OH is 1.